The molecule has 1 N–H and O–H groups in total. The van der Waals surface area contributed by atoms with Crippen LogP contribution in [0.1, 0.15) is 12.8 Å². The van der Waals surface area contributed by atoms with Gasteiger partial charge in [-0.1, -0.05) is 23.2 Å². The lowest BCUT2D eigenvalue weighted by atomic mass is 10.3. The van der Waals surface area contributed by atoms with Gasteiger partial charge in [-0.15, -0.1) is 0 Å². The quantitative estimate of drug-likeness (QED) is 0.643. The van der Waals surface area contributed by atoms with Gasteiger partial charge < -0.3 is 4.74 Å². The molecule has 0 fully saturated rings. The third-order valence-corrected chi connectivity index (χ3v) is 2.45. The van der Waals surface area contributed by atoms with Crippen molar-refractivity contribution in [1.82, 2.24) is 5.48 Å². The van der Waals surface area contributed by atoms with Crippen LogP contribution in [0.4, 0.5) is 0 Å². The average molecular weight is 278 g/mol. The largest absolute Gasteiger partial charge is 0.492 e. The van der Waals surface area contributed by atoms with Crippen molar-refractivity contribution >= 4 is 29.1 Å². The summed E-state index contributed by atoms with van der Waals surface area (Å²) in [5.74, 6) is 0.376. The predicted molar refractivity (Wildman–Crippen MR) is 66.3 cm³/mol. The lowest BCUT2D eigenvalue weighted by molar-refractivity contribution is -0.131. The molecule has 0 unspecified atom stereocenters. The smallest absolute Gasteiger partial charge is 0.243 e. The molecule has 1 aromatic carbocycles. The molecule has 1 rings (SSSR count). The van der Waals surface area contributed by atoms with Gasteiger partial charge in [-0.2, -0.15) is 0 Å². The van der Waals surface area contributed by atoms with Crippen molar-refractivity contribution in [1.29, 1.82) is 0 Å². The molecule has 17 heavy (non-hydrogen) atoms. The number of ether oxygens (including phenoxy) is 1. The minimum absolute atomic E-state index is 0.182. The van der Waals surface area contributed by atoms with Crippen LogP contribution in [-0.2, 0) is 9.63 Å². The van der Waals surface area contributed by atoms with E-state index in [1.807, 2.05) is 0 Å². The molecule has 0 aliphatic carbocycles. The number of nitrogens with one attached hydrogen (secondary N) is 1. The predicted octanol–water partition coefficient (Wildman–Crippen LogP) is 2.83. The van der Waals surface area contributed by atoms with E-state index in [9.17, 15) is 4.79 Å². The van der Waals surface area contributed by atoms with E-state index < -0.39 is 0 Å². The number of hydrogen-bond donors (Lipinski definition) is 1. The van der Waals surface area contributed by atoms with Gasteiger partial charge in [-0.25, -0.2) is 5.48 Å². The van der Waals surface area contributed by atoms with E-state index in [4.69, 9.17) is 27.9 Å². The second kappa shape index (κ2) is 7.37. The maximum Gasteiger partial charge on any atom is 0.243 e. The van der Waals surface area contributed by atoms with Gasteiger partial charge in [-0.05, 0) is 24.6 Å². The molecule has 1 amide bonds. The third-order valence-electron chi connectivity index (χ3n) is 1.92. The second-order valence-electron chi connectivity index (χ2n) is 3.26. The first-order valence-electron chi connectivity index (χ1n) is 5.03. The molecule has 0 bridgehead atoms. The molecule has 0 saturated heterocycles. The molecule has 0 saturated carbocycles. The molecule has 0 radical (unpaired) electrons. The Morgan fingerprint density at radius 2 is 2.18 bits per heavy atom. The molecular weight excluding hydrogens is 265 g/mol. The SMILES string of the molecule is CONC(=O)CCCOc1ccc(Cl)cc1Cl. The highest BCUT2D eigenvalue weighted by atomic mass is 35.5. The third kappa shape index (κ3) is 5.26. The summed E-state index contributed by atoms with van der Waals surface area (Å²) in [5.41, 5.74) is 2.23. The highest BCUT2D eigenvalue weighted by molar-refractivity contribution is 6.35. The van der Waals surface area contributed by atoms with Crippen molar-refractivity contribution in [2.45, 2.75) is 12.8 Å². The fraction of sp³-hybridized carbons (Fsp3) is 0.364. The number of hydrogen-bond acceptors (Lipinski definition) is 3. The summed E-state index contributed by atoms with van der Waals surface area (Å²) in [6, 6.07) is 5.00. The van der Waals surface area contributed by atoms with Gasteiger partial charge in [0.25, 0.3) is 0 Å². The van der Waals surface area contributed by atoms with Crippen LogP contribution in [-0.4, -0.2) is 19.6 Å². The van der Waals surface area contributed by atoms with Crippen molar-refractivity contribution in [2.24, 2.45) is 0 Å². The van der Waals surface area contributed by atoms with Crippen LogP contribution in [0.2, 0.25) is 10.0 Å². The lowest BCUT2D eigenvalue weighted by Gasteiger charge is -2.07. The zero-order valence-electron chi connectivity index (χ0n) is 9.33. The molecule has 94 valence electrons. The zero-order chi connectivity index (χ0) is 12.7. The van der Waals surface area contributed by atoms with Gasteiger partial charge in [-0.3, -0.25) is 9.63 Å². The highest BCUT2D eigenvalue weighted by Crippen LogP contribution is 2.27. The summed E-state index contributed by atoms with van der Waals surface area (Å²) in [6.07, 6.45) is 0.910. The Morgan fingerprint density at radius 1 is 1.41 bits per heavy atom. The number of benzene rings is 1. The number of carbonyl (C=O) groups excluding carboxylic acids is 1. The summed E-state index contributed by atoms with van der Waals surface area (Å²) in [7, 11) is 1.39. The Balaban J connectivity index is 2.29. The molecule has 0 atom stereocenters. The Morgan fingerprint density at radius 3 is 2.82 bits per heavy atom. The van der Waals surface area contributed by atoms with Gasteiger partial charge in [0.2, 0.25) is 5.91 Å². The average Bonchev–Trinajstić information content (AvgIpc) is 2.27. The van der Waals surface area contributed by atoms with Gasteiger partial charge in [0.05, 0.1) is 18.7 Å². The van der Waals surface area contributed by atoms with E-state index in [2.05, 4.69) is 10.3 Å². The van der Waals surface area contributed by atoms with E-state index in [-0.39, 0.29) is 5.91 Å². The molecule has 6 heteroatoms. The van der Waals surface area contributed by atoms with E-state index in [0.29, 0.717) is 35.2 Å². The molecule has 0 aliphatic rings. The second-order valence-corrected chi connectivity index (χ2v) is 4.10. The van der Waals surface area contributed by atoms with Gasteiger partial charge >= 0.3 is 0 Å². The number of halogens is 2. The number of hydroxylamine groups is 1. The summed E-state index contributed by atoms with van der Waals surface area (Å²) in [6.45, 7) is 0.401. The van der Waals surface area contributed by atoms with Crippen LogP contribution < -0.4 is 10.2 Å². The van der Waals surface area contributed by atoms with Crippen LogP contribution >= 0.6 is 23.2 Å². The number of carbonyl (C=O) groups is 1. The maximum absolute atomic E-state index is 11.0. The number of amides is 1. The van der Waals surface area contributed by atoms with E-state index in [0.717, 1.165) is 0 Å². The van der Waals surface area contributed by atoms with Crippen molar-refractivity contribution in [2.75, 3.05) is 13.7 Å². The van der Waals surface area contributed by atoms with Crippen molar-refractivity contribution in [3.05, 3.63) is 28.2 Å². The minimum atomic E-state index is -0.182. The van der Waals surface area contributed by atoms with E-state index in [1.165, 1.54) is 7.11 Å². The van der Waals surface area contributed by atoms with Crippen LogP contribution in [0.25, 0.3) is 0 Å². The summed E-state index contributed by atoms with van der Waals surface area (Å²) >= 11 is 11.7. The Kier molecular flexibility index (Phi) is 6.11. The van der Waals surface area contributed by atoms with E-state index in [1.54, 1.807) is 18.2 Å². The standard InChI is InChI=1S/C11H13Cl2NO3/c1-16-14-11(15)3-2-6-17-10-5-4-8(12)7-9(10)13/h4-5,7H,2-3,6H2,1H3,(H,14,15). The first-order valence-corrected chi connectivity index (χ1v) is 5.78. The molecular formula is C11H13Cl2NO3. The molecule has 0 heterocycles. The first-order chi connectivity index (χ1) is 8.13. The monoisotopic (exact) mass is 277 g/mol. The summed E-state index contributed by atoms with van der Waals surface area (Å²) < 4.78 is 5.41. The summed E-state index contributed by atoms with van der Waals surface area (Å²) in [4.78, 5) is 15.5. The molecule has 4 nitrogen and oxygen atoms in total. The molecule has 0 aliphatic heterocycles. The summed E-state index contributed by atoms with van der Waals surface area (Å²) in [5, 5.41) is 1.01. The highest BCUT2D eigenvalue weighted by Gasteiger charge is 2.03. The van der Waals surface area contributed by atoms with Crippen molar-refractivity contribution < 1.29 is 14.4 Å². The fourth-order valence-corrected chi connectivity index (χ4v) is 1.64. The van der Waals surface area contributed by atoms with Gasteiger partial charge in [0.15, 0.2) is 0 Å². The van der Waals surface area contributed by atoms with Crippen LogP contribution in [0.15, 0.2) is 18.2 Å². The molecule has 1 aromatic rings. The normalized spacial score (nSPS) is 10.1. The van der Waals surface area contributed by atoms with E-state index >= 15 is 0 Å². The minimum Gasteiger partial charge on any atom is -0.492 e. The van der Waals surface area contributed by atoms with Crippen molar-refractivity contribution in [3.63, 3.8) is 0 Å². The molecule has 0 spiro atoms. The number of rotatable bonds is 6. The van der Waals surface area contributed by atoms with Gasteiger partial charge in [0, 0.05) is 11.4 Å². The first kappa shape index (κ1) is 14.1. The van der Waals surface area contributed by atoms with Crippen LogP contribution in [0.3, 0.4) is 0 Å². The Bertz CT molecular complexity index is 385. The Labute approximate surface area is 110 Å². The topological polar surface area (TPSA) is 47.6 Å². The lowest BCUT2D eigenvalue weighted by Crippen LogP contribution is -2.21. The zero-order valence-corrected chi connectivity index (χ0v) is 10.8. The Hall–Kier alpha value is -0.970. The van der Waals surface area contributed by atoms with Crippen molar-refractivity contribution in [3.8, 4) is 5.75 Å². The fourth-order valence-electron chi connectivity index (χ4n) is 1.17. The van der Waals surface area contributed by atoms with Crippen LogP contribution in [0, 0.1) is 0 Å². The maximum atomic E-state index is 11.0. The van der Waals surface area contributed by atoms with Gasteiger partial charge in [0.1, 0.15) is 5.75 Å². The molecule has 0 aromatic heterocycles. The van der Waals surface area contributed by atoms with Crippen LogP contribution in [0.5, 0.6) is 5.75 Å².